The quantitative estimate of drug-likeness (QED) is 0.858. The zero-order chi connectivity index (χ0) is 16.0. The van der Waals surface area contributed by atoms with E-state index in [0.717, 1.165) is 25.8 Å². The van der Waals surface area contributed by atoms with Gasteiger partial charge in [0.25, 0.3) is 0 Å². The second-order valence-corrected chi connectivity index (χ2v) is 9.34. The molecule has 1 saturated heterocycles. The van der Waals surface area contributed by atoms with Gasteiger partial charge in [-0.3, -0.25) is 0 Å². The van der Waals surface area contributed by atoms with Gasteiger partial charge in [-0.1, -0.05) is 18.2 Å². The Bertz CT molecular complexity index is 654. The van der Waals surface area contributed by atoms with Crippen molar-refractivity contribution in [3.8, 4) is 0 Å². The molecule has 2 aliphatic rings. The number of anilines is 1. The molecule has 2 heterocycles. The third-order valence-electron chi connectivity index (χ3n) is 5.03. The molecule has 0 spiro atoms. The smallest absolute Gasteiger partial charge is 0.211 e. The molecule has 1 atom stereocenters. The first-order valence-corrected chi connectivity index (χ1v) is 9.93. The van der Waals surface area contributed by atoms with Crippen molar-refractivity contribution in [2.24, 2.45) is 5.92 Å². The number of piperidine rings is 1. The molecule has 0 aliphatic carbocycles. The predicted molar refractivity (Wildman–Crippen MR) is 90.7 cm³/mol. The van der Waals surface area contributed by atoms with Crippen LogP contribution in [0.5, 0.6) is 0 Å². The van der Waals surface area contributed by atoms with Crippen LogP contribution in [0.3, 0.4) is 0 Å². The molecule has 1 aromatic rings. The van der Waals surface area contributed by atoms with Gasteiger partial charge in [0.1, 0.15) is 0 Å². The first-order chi connectivity index (χ1) is 10.3. The molecule has 3 rings (SSSR count). The van der Waals surface area contributed by atoms with Gasteiger partial charge in [-0.25, -0.2) is 12.7 Å². The van der Waals surface area contributed by atoms with E-state index >= 15 is 0 Å². The molecule has 0 aromatic heterocycles. The fourth-order valence-corrected chi connectivity index (χ4v) is 4.83. The van der Waals surface area contributed by atoms with Crippen molar-refractivity contribution in [3.05, 3.63) is 29.8 Å². The molecule has 0 saturated carbocycles. The SMILES string of the molecule is CC1(C)Cc2ccccc2N1CC1CCCN(S(C)(=O)=O)C1. The largest absolute Gasteiger partial charge is 0.366 e. The number of para-hydroxylation sites is 1. The highest BCUT2D eigenvalue weighted by Gasteiger charge is 2.37. The Morgan fingerprint density at radius 1 is 1.27 bits per heavy atom. The highest BCUT2D eigenvalue weighted by atomic mass is 32.2. The van der Waals surface area contributed by atoms with Crippen LogP contribution in [-0.4, -0.2) is 44.2 Å². The first-order valence-electron chi connectivity index (χ1n) is 8.08. The standard InChI is InChI=1S/C17H26N2O2S/c1-17(2)11-15-8-4-5-9-16(15)19(17)13-14-7-6-10-18(12-14)22(3,20)21/h4-5,8-9,14H,6-7,10-13H2,1-3H3. The van der Waals surface area contributed by atoms with Crippen LogP contribution in [0.15, 0.2) is 24.3 Å². The molecule has 1 aromatic carbocycles. The Morgan fingerprint density at radius 3 is 2.73 bits per heavy atom. The van der Waals surface area contributed by atoms with E-state index < -0.39 is 10.0 Å². The van der Waals surface area contributed by atoms with Gasteiger partial charge in [0, 0.05) is 30.9 Å². The van der Waals surface area contributed by atoms with Crippen LogP contribution in [0.25, 0.3) is 0 Å². The van der Waals surface area contributed by atoms with Gasteiger partial charge in [0.2, 0.25) is 10.0 Å². The summed E-state index contributed by atoms with van der Waals surface area (Å²) in [4.78, 5) is 2.48. The minimum atomic E-state index is -3.07. The average molecular weight is 322 g/mol. The van der Waals surface area contributed by atoms with Gasteiger partial charge in [0.05, 0.1) is 6.26 Å². The van der Waals surface area contributed by atoms with Crippen LogP contribution >= 0.6 is 0 Å². The van der Waals surface area contributed by atoms with E-state index in [1.165, 1.54) is 17.5 Å². The van der Waals surface area contributed by atoms with Crippen LogP contribution in [0.4, 0.5) is 5.69 Å². The van der Waals surface area contributed by atoms with E-state index in [1.807, 2.05) is 0 Å². The molecule has 4 nitrogen and oxygen atoms in total. The normalized spacial score (nSPS) is 25.2. The summed E-state index contributed by atoms with van der Waals surface area (Å²) in [6.45, 7) is 6.84. The lowest BCUT2D eigenvalue weighted by Gasteiger charge is -2.40. The van der Waals surface area contributed by atoms with Crippen molar-refractivity contribution in [2.75, 3.05) is 30.8 Å². The number of hydrogen-bond acceptors (Lipinski definition) is 3. The Kier molecular flexibility index (Phi) is 3.98. The van der Waals surface area contributed by atoms with Gasteiger partial charge < -0.3 is 4.90 Å². The summed E-state index contributed by atoms with van der Waals surface area (Å²) in [5.41, 5.74) is 2.84. The molecule has 1 unspecified atom stereocenters. The maximum atomic E-state index is 11.8. The second kappa shape index (κ2) is 5.53. The summed E-state index contributed by atoms with van der Waals surface area (Å²) < 4.78 is 25.3. The third kappa shape index (κ3) is 3.01. The molecule has 22 heavy (non-hydrogen) atoms. The molecular formula is C17H26N2O2S. The summed E-state index contributed by atoms with van der Waals surface area (Å²) in [6, 6.07) is 8.60. The van der Waals surface area contributed by atoms with Crippen LogP contribution < -0.4 is 4.90 Å². The number of benzene rings is 1. The lowest BCUT2D eigenvalue weighted by atomic mass is 9.95. The highest BCUT2D eigenvalue weighted by molar-refractivity contribution is 7.88. The molecule has 0 bridgehead atoms. The Morgan fingerprint density at radius 2 is 2.00 bits per heavy atom. The minimum absolute atomic E-state index is 0.108. The zero-order valence-electron chi connectivity index (χ0n) is 13.7. The Labute approximate surface area is 134 Å². The highest BCUT2D eigenvalue weighted by Crippen LogP contribution is 2.39. The van der Waals surface area contributed by atoms with E-state index in [2.05, 4.69) is 43.0 Å². The van der Waals surface area contributed by atoms with Crippen molar-refractivity contribution in [2.45, 2.75) is 38.6 Å². The van der Waals surface area contributed by atoms with Gasteiger partial charge in [0.15, 0.2) is 0 Å². The lowest BCUT2D eigenvalue weighted by Crippen LogP contribution is -2.48. The van der Waals surface area contributed by atoms with Gasteiger partial charge in [-0.15, -0.1) is 0 Å². The minimum Gasteiger partial charge on any atom is -0.366 e. The number of rotatable bonds is 3. The summed E-state index contributed by atoms with van der Waals surface area (Å²) in [6.07, 6.45) is 4.46. The predicted octanol–water partition coefficient (Wildman–Crippen LogP) is 2.50. The van der Waals surface area contributed by atoms with Crippen LogP contribution in [0, 0.1) is 5.92 Å². The molecule has 122 valence electrons. The summed E-state index contributed by atoms with van der Waals surface area (Å²) in [7, 11) is -3.07. The molecule has 2 aliphatic heterocycles. The zero-order valence-corrected chi connectivity index (χ0v) is 14.6. The van der Waals surface area contributed by atoms with Crippen molar-refractivity contribution in [1.29, 1.82) is 0 Å². The lowest BCUT2D eigenvalue weighted by molar-refractivity contribution is 0.261. The Hall–Kier alpha value is -1.07. The van der Waals surface area contributed by atoms with Crippen molar-refractivity contribution in [3.63, 3.8) is 0 Å². The number of hydrogen-bond donors (Lipinski definition) is 0. The topological polar surface area (TPSA) is 40.6 Å². The molecule has 0 amide bonds. The first kappa shape index (κ1) is 15.8. The molecule has 1 fully saturated rings. The van der Waals surface area contributed by atoms with Gasteiger partial charge >= 0.3 is 0 Å². The number of fused-ring (bicyclic) bond motifs is 1. The van der Waals surface area contributed by atoms with Crippen LogP contribution in [0.1, 0.15) is 32.3 Å². The second-order valence-electron chi connectivity index (χ2n) is 7.36. The van der Waals surface area contributed by atoms with E-state index in [1.54, 1.807) is 4.31 Å². The van der Waals surface area contributed by atoms with Gasteiger partial charge in [-0.2, -0.15) is 0 Å². The number of sulfonamides is 1. The summed E-state index contributed by atoms with van der Waals surface area (Å²) in [5, 5.41) is 0. The molecule has 5 heteroatoms. The fourth-order valence-electron chi connectivity index (χ4n) is 3.89. The van der Waals surface area contributed by atoms with E-state index in [0.29, 0.717) is 19.0 Å². The van der Waals surface area contributed by atoms with E-state index in [-0.39, 0.29) is 5.54 Å². The number of nitrogens with zero attached hydrogens (tertiary/aromatic N) is 2. The summed E-state index contributed by atoms with van der Waals surface area (Å²) >= 11 is 0. The Balaban J connectivity index is 1.78. The third-order valence-corrected chi connectivity index (χ3v) is 6.30. The van der Waals surface area contributed by atoms with E-state index in [9.17, 15) is 8.42 Å². The molecule has 0 radical (unpaired) electrons. The monoisotopic (exact) mass is 322 g/mol. The van der Waals surface area contributed by atoms with E-state index in [4.69, 9.17) is 0 Å². The molecule has 0 N–H and O–H groups in total. The maximum absolute atomic E-state index is 11.8. The van der Waals surface area contributed by atoms with Crippen molar-refractivity contribution < 1.29 is 8.42 Å². The van der Waals surface area contributed by atoms with Crippen molar-refractivity contribution in [1.82, 2.24) is 4.31 Å². The van der Waals surface area contributed by atoms with Crippen LogP contribution in [0.2, 0.25) is 0 Å². The van der Waals surface area contributed by atoms with Gasteiger partial charge in [-0.05, 0) is 50.7 Å². The van der Waals surface area contributed by atoms with Crippen molar-refractivity contribution >= 4 is 15.7 Å². The maximum Gasteiger partial charge on any atom is 0.211 e. The average Bonchev–Trinajstić information content (AvgIpc) is 2.69. The fraction of sp³-hybridized carbons (Fsp3) is 0.647. The van der Waals surface area contributed by atoms with Crippen LogP contribution in [-0.2, 0) is 16.4 Å². The molecular weight excluding hydrogens is 296 g/mol. The summed E-state index contributed by atoms with van der Waals surface area (Å²) in [5.74, 6) is 0.411.